The van der Waals surface area contributed by atoms with E-state index in [1.54, 1.807) is 12.1 Å². The van der Waals surface area contributed by atoms with Gasteiger partial charge in [0.15, 0.2) is 0 Å². The molecular weight excluding hydrogens is 166 g/mol. The standard InChI is InChI=1S/C9H11N3O/c1-7-4-8(6-11)5-9(12-7)13-3-2-10/h4-5H,2-3,10H2,1H3. The van der Waals surface area contributed by atoms with E-state index in [1.165, 1.54) is 0 Å². The van der Waals surface area contributed by atoms with Crippen LogP contribution in [-0.2, 0) is 0 Å². The number of nitrogens with zero attached hydrogens (tertiary/aromatic N) is 2. The Bertz CT molecular complexity index is 330. The molecule has 1 heterocycles. The van der Waals surface area contributed by atoms with Crippen molar-refractivity contribution in [2.45, 2.75) is 6.92 Å². The summed E-state index contributed by atoms with van der Waals surface area (Å²) in [5.41, 5.74) is 6.59. The Kier molecular flexibility index (Phi) is 3.23. The van der Waals surface area contributed by atoms with Crippen LogP contribution in [0.5, 0.6) is 5.88 Å². The zero-order valence-corrected chi connectivity index (χ0v) is 7.45. The number of aromatic nitrogens is 1. The van der Waals surface area contributed by atoms with Gasteiger partial charge in [0, 0.05) is 18.3 Å². The van der Waals surface area contributed by atoms with Crippen LogP contribution in [0.3, 0.4) is 0 Å². The molecule has 13 heavy (non-hydrogen) atoms. The van der Waals surface area contributed by atoms with E-state index < -0.39 is 0 Å². The topological polar surface area (TPSA) is 71.9 Å². The summed E-state index contributed by atoms with van der Waals surface area (Å²) >= 11 is 0. The van der Waals surface area contributed by atoms with E-state index in [4.69, 9.17) is 15.7 Å². The van der Waals surface area contributed by atoms with Crippen molar-refractivity contribution in [3.63, 3.8) is 0 Å². The van der Waals surface area contributed by atoms with Crippen LogP contribution in [0, 0.1) is 18.3 Å². The van der Waals surface area contributed by atoms with Gasteiger partial charge in [-0.2, -0.15) is 5.26 Å². The highest BCUT2D eigenvalue weighted by molar-refractivity contribution is 5.33. The van der Waals surface area contributed by atoms with Crippen LogP contribution in [0.15, 0.2) is 12.1 Å². The molecule has 0 unspecified atom stereocenters. The van der Waals surface area contributed by atoms with Crippen LogP contribution in [0.4, 0.5) is 0 Å². The maximum absolute atomic E-state index is 8.65. The molecule has 1 aromatic heterocycles. The lowest BCUT2D eigenvalue weighted by molar-refractivity contribution is 0.315. The van der Waals surface area contributed by atoms with Crippen molar-refractivity contribution in [3.8, 4) is 11.9 Å². The van der Waals surface area contributed by atoms with Crippen molar-refractivity contribution < 1.29 is 4.74 Å². The van der Waals surface area contributed by atoms with Crippen LogP contribution in [-0.4, -0.2) is 18.1 Å². The highest BCUT2D eigenvalue weighted by Crippen LogP contribution is 2.10. The van der Waals surface area contributed by atoms with E-state index >= 15 is 0 Å². The summed E-state index contributed by atoms with van der Waals surface area (Å²) < 4.78 is 5.19. The monoisotopic (exact) mass is 177 g/mol. The van der Waals surface area contributed by atoms with Crippen LogP contribution >= 0.6 is 0 Å². The van der Waals surface area contributed by atoms with E-state index in [-0.39, 0.29) is 0 Å². The highest BCUT2D eigenvalue weighted by Gasteiger charge is 1.99. The molecule has 4 heteroatoms. The zero-order chi connectivity index (χ0) is 9.68. The van der Waals surface area contributed by atoms with Crippen molar-refractivity contribution in [2.24, 2.45) is 5.73 Å². The molecule has 0 aromatic carbocycles. The lowest BCUT2D eigenvalue weighted by atomic mass is 10.2. The molecule has 0 aliphatic carbocycles. The minimum atomic E-state index is 0.418. The molecule has 0 radical (unpaired) electrons. The predicted octanol–water partition coefficient (Wildman–Crippen LogP) is 0.599. The number of aryl methyl sites for hydroxylation is 1. The summed E-state index contributed by atoms with van der Waals surface area (Å²) in [7, 11) is 0. The highest BCUT2D eigenvalue weighted by atomic mass is 16.5. The fourth-order valence-electron chi connectivity index (χ4n) is 0.940. The molecule has 0 aliphatic rings. The smallest absolute Gasteiger partial charge is 0.214 e. The molecule has 0 saturated carbocycles. The van der Waals surface area contributed by atoms with E-state index in [2.05, 4.69) is 4.98 Å². The summed E-state index contributed by atoms with van der Waals surface area (Å²) in [6, 6.07) is 5.34. The van der Waals surface area contributed by atoms with Crippen LogP contribution in [0.2, 0.25) is 0 Å². The second kappa shape index (κ2) is 4.43. The Morgan fingerprint density at radius 1 is 1.62 bits per heavy atom. The molecule has 1 aromatic rings. The number of ether oxygens (including phenoxy) is 1. The third-order valence-electron chi connectivity index (χ3n) is 1.43. The van der Waals surface area contributed by atoms with Crippen molar-refractivity contribution >= 4 is 0 Å². The molecule has 4 nitrogen and oxygen atoms in total. The Balaban J connectivity index is 2.83. The number of rotatable bonds is 3. The van der Waals surface area contributed by atoms with Crippen LogP contribution in [0.1, 0.15) is 11.3 Å². The summed E-state index contributed by atoms with van der Waals surface area (Å²) in [4.78, 5) is 4.09. The molecule has 0 aliphatic heterocycles. The van der Waals surface area contributed by atoms with Gasteiger partial charge in [-0.25, -0.2) is 4.98 Å². The van der Waals surface area contributed by atoms with Crippen molar-refractivity contribution in [3.05, 3.63) is 23.4 Å². The second-order valence-corrected chi connectivity index (χ2v) is 2.58. The van der Waals surface area contributed by atoms with Gasteiger partial charge in [-0.3, -0.25) is 0 Å². The maximum Gasteiger partial charge on any atom is 0.214 e. The van der Waals surface area contributed by atoms with Crippen molar-refractivity contribution in [2.75, 3.05) is 13.2 Å². The molecule has 0 bridgehead atoms. The minimum Gasteiger partial charge on any atom is -0.476 e. The first-order chi connectivity index (χ1) is 6.26. The number of hydrogen-bond acceptors (Lipinski definition) is 4. The first-order valence-electron chi connectivity index (χ1n) is 3.98. The lowest BCUT2D eigenvalue weighted by Gasteiger charge is -2.03. The van der Waals surface area contributed by atoms with Gasteiger partial charge in [0.2, 0.25) is 5.88 Å². The van der Waals surface area contributed by atoms with Gasteiger partial charge < -0.3 is 10.5 Å². The first-order valence-corrected chi connectivity index (χ1v) is 3.98. The van der Waals surface area contributed by atoms with Gasteiger partial charge in [0.25, 0.3) is 0 Å². The number of pyridine rings is 1. The lowest BCUT2D eigenvalue weighted by Crippen LogP contribution is -2.11. The third kappa shape index (κ3) is 2.73. The molecule has 0 amide bonds. The third-order valence-corrected chi connectivity index (χ3v) is 1.43. The van der Waals surface area contributed by atoms with Gasteiger partial charge in [-0.05, 0) is 13.0 Å². The number of nitrogens with two attached hydrogens (primary N) is 1. The Hall–Kier alpha value is -1.60. The van der Waals surface area contributed by atoms with Gasteiger partial charge in [0.1, 0.15) is 6.61 Å². The van der Waals surface area contributed by atoms with Gasteiger partial charge in [0.05, 0.1) is 11.6 Å². The maximum atomic E-state index is 8.65. The average Bonchev–Trinajstić information content (AvgIpc) is 2.14. The largest absolute Gasteiger partial charge is 0.476 e. The van der Waals surface area contributed by atoms with E-state index in [0.29, 0.717) is 24.6 Å². The minimum absolute atomic E-state index is 0.418. The van der Waals surface area contributed by atoms with Crippen LogP contribution < -0.4 is 10.5 Å². The summed E-state index contributed by atoms with van der Waals surface area (Å²) in [6.45, 7) is 2.68. The number of hydrogen-bond donors (Lipinski definition) is 1. The fourth-order valence-corrected chi connectivity index (χ4v) is 0.940. The zero-order valence-electron chi connectivity index (χ0n) is 7.45. The normalized spacial score (nSPS) is 9.31. The van der Waals surface area contributed by atoms with Gasteiger partial charge >= 0.3 is 0 Å². The van der Waals surface area contributed by atoms with E-state index in [1.807, 2.05) is 13.0 Å². The quantitative estimate of drug-likeness (QED) is 0.733. The average molecular weight is 177 g/mol. The molecule has 0 spiro atoms. The SMILES string of the molecule is Cc1cc(C#N)cc(OCCN)n1. The summed E-state index contributed by atoms with van der Waals surface area (Å²) in [5, 5.41) is 8.65. The Morgan fingerprint density at radius 2 is 2.38 bits per heavy atom. The molecule has 68 valence electrons. The van der Waals surface area contributed by atoms with Crippen molar-refractivity contribution in [1.82, 2.24) is 4.98 Å². The molecule has 0 fully saturated rings. The van der Waals surface area contributed by atoms with Gasteiger partial charge in [-0.1, -0.05) is 0 Å². The first kappa shape index (κ1) is 9.49. The fraction of sp³-hybridized carbons (Fsp3) is 0.333. The molecule has 1 rings (SSSR count). The molecule has 0 saturated heterocycles. The van der Waals surface area contributed by atoms with E-state index in [0.717, 1.165) is 5.69 Å². The molecule has 0 atom stereocenters. The van der Waals surface area contributed by atoms with Gasteiger partial charge in [-0.15, -0.1) is 0 Å². The van der Waals surface area contributed by atoms with Crippen molar-refractivity contribution in [1.29, 1.82) is 5.26 Å². The van der Waals surface area contributed by atoms with Crippen LogP contribution in [0.25, 0.3) is 0 Å². The molecule has 2 N–H and O–H groups in total. The molecular formula is C9H11N3O. The van der Waals surface area contributed by atoms with E-state index in [9.17, 15) is 0 Å². The Labute approximate surface area is 77.0 Å². The number of nitriles is 1. The second-order valence-electron chi connectivity index (χ2n) is 2.58. The summed E-state index contributed by atoms with van der Waals surface area (Å²) in [6.07, 6.45) is 0. The Morgan fingerprint density at radius 3 is 3.00 bits per heavy atom. The predicted molar refractivity (Wildman–Crippen MR) is 48.2 cm³/mol. The summed E-state index contributed by atoms with van der Waals surface area (Å²) in [5.74, 6) is 0.460.